The molecule has 2 aliphatic heterocycles. The number of rotatable bonds is 6. The Kier molecular flexibility index (Phi) is 5.44. The molecular formula is C23H25F2N3O5. The van der Waals surface area contributed by atoms with Crippen molar-refractivity contribution in [3.05, 3.63) is 39.7 Å². The highest BCUT2D eigenvalue weighted by Crippen LogP contribution is 2.40. The molecule has 3 fully saturated rings. The summed E-state index contributed by atoms with van der Waals surface area (Å²) in [6, 6.07) is 0.732. The minimum atomic E-state index is -1.42. The molecule has 1 aromatic carbocycles. The number of hydrogen-bond donors (Lipinski definition) is 1. The summed E-state index contributed by atoms with van der Waals surface area (Å²) in [5, 5.41) is 9.12. The molecule has 10 heteroatoms. The number of fused-ring (bicyclic) bond motifs is 2. The molecule has 8 nitrogen and oxygen atoms in total. The number of carbonyl (C=O) groups excluding carboxylic acids is 1. The predicted molar refractivity (Wildman–Crippen MR) is 116 cm³/mol. The van der Waals surface area contributed by atoms with Gasteiger partial charge >= 0.3 is 5.97 Å². The third-order valence-electron chi connectivity index (χ3n) is 6.84. The van der Waals surface area contributed by atoms with Gasteiger partial charge in [0.1, 0.15) is 22.9 Å². The van der Waals surface area contributed by atoms with Crippen molar-refractivity contribution in [1.82, 2.24) is 9.47 Å². The zero-order valence-corrected chi connectivity index (χ0v) is 18.2. The summed E-state index contributed by atoms with van der Waals surface area (Å²) in [5.41, 5.74) is -1.69. The maximum atomic E-state index is 15.9. The fourth-order valence-corrected chi connectivity index (χ4v) is 5.03. The van der Waals surface area contributed by atoms with Crippen LogP contribution in [0.3, 0.4) is 0 Å². The molecule has 0 spiro atoms. The number of morpholine rings is 1. The maximum Gasteiger partial charge on any atom is 0.341 e. The zero-order valence-electron chi connectivity index (χ0n) is 18.2. The lowest BCUT2D eigenvalue weighted by Gasteiger charge is -2.36. The van der Waals surface area contributed by atoms with Crippen LogP contribution < -0.4 is 10.3 Å². The molecule has 2 atom stereocenters. The van der Waals surface area contributed by atoms with Gasteiger partial charge in [0, 0.05) is 44.8 Å². The van der Waals surface area contributed by atoms with Crippen LogP contribution in [0, 0.1) is 11.6 Å². The maximum absolute atomic E-state index is 15.9. The standard InChI is InChI=1S/C23H25F2N3O5/c1-12(29)4-5-26-6-7-33-18-11-27(10-17(18)26)21-16(24)8-14-20(19(21)25)28(13-2-3-13)9-15(22(14)30)23(31)32/h8-9,13,17-18H,2-7,10-11H2,1H3,(H,31,32)/t17-,18+/m1/s1. The fraction of sp³-hybridized carbons (Fsp3) is 0.522. The average molecular weight is 461 g/mol. The first-order chi connectivity index (χ1) is 15.8. The third-order valence-corrected chi connectivity index (χ3v) is 6.84. The van der Waals surface area contributed by atoms with E-state index in [9.17, 15) is 19.5 Å². The summed E-state index contributed by atoms with van der Waals surface area (Å²) in [7, 11) is 0. The molecule has 1 saturated carbocycles. The first-order valence-electron chi connectivity index (χ1n) is 11.2. The van der Waals surface area contributed by atoms with Crippen LogP contribution in [0.15, 0.2) is 17.1 Å². The molecule has 0 bridgehead atoms. The predicted octanol–water partition coefficient (Wildman–Crippen LogP) is 2.18. The number of benzene rings is 1. The molecule has 0 amide bonds. The van der Waals surface area contributed by atoms with E-state index in [0.717, 1.165) is 18.9 Å². The number of anilines is 1. The molecule has 1 aliphatic carbocycles. The van der Waals surface area contributed by atoms with Gasteiger partial charge in [-0.3, -0.25) is 14.5 Å². The molecule has 2 saturated heterocycles. The van der Waals surface area contributed by atoms with Gasteiger partial charge in [-0.05, 0) is 25.8 Å². The van der Waals surface area contributed by atoms with E-state index in [1.807, 2.05) is 0 Å². The number of aromatic carboxylic acids is 1. The van der Waals surface area contributed by atoms with Crippen molar-refractivity contribution in [1.29, 1.82) is 0 Å². The molecule has 2 aromatic rings. The van der Waals surface area contributed by atoms with E-state index in [1.165, 1.54) is 17.7 Å². The molecular weight excluding hydrogens is 436 g/mol. The molecule has 33 heavy (non-hydrogen) atoms. The van der Waals surface area contributed by atoms with Gasteiger partial charge in [0.15, 0.2) is 5.82 Å². The van der Waals surface area contributed by atoms with E-state index in [0.29, 0.717) is 32.7 Å². The lowest BCUT2D eigenvalue weighted by atomic mass is 10.1. The number of ether oxygens (including phenoxy) is 1. The molecule has 1 N–H and O–H groups in total. The number of carbonyl (C=O) groups is 2. The van der Waals surface area contributed by atoms with E-state index in [2.05, 4.69) is 4.90 Å². The second-order valence-corrected chi connectivity index (χ2v) is 9.10. The first kappa shape index (κ1) is 22.0. The number of carboxylic acids is 1. The molecule has 176 valence electrons. The summed E-state index contributed by atoms with van der Waals surface area (Å²) < 4.78 is 38.5. The number of hydrogen-bond acceptors (Lipinski definition) is 6. The molecule has 0 unspecified atom stereocenters. The lowest BCUT2D eigenvalue weighted by Crippen LogP contribution is -2.51. The molecule has 5 rings (SSSR count). The van der Waals surface area contributed by atoms with E-state index in [-0.39, 0.29) is 47.1 Å². The Labute approximate surface area is 188 Å². The van der Waals surface area contributed by atoms with E-state index in [4.69, 9.17) is 4.74 Å². The number of ketones is 1. The topological polar surface area (TPSA) is 92.1 Å². The van der Waals surface area contributed by atoms with Crippen molar-refractivity contribution in [3.8, 4) is 0 Å². The highest BCUT2D eigenvalue weighted by atomic mass is 19.1. The van der Waals surface area contributed by atoms with Gasteiger partial charge in [-0.1, -0.05) is 0 Å². The number of nitrogens with zero attached hydrogens (tertiary/aromatic N) is 3. The van der Waals surface area contributed by atoms with Crippen LogP contribution in [0.1, 0.15) is 42.6 Å². The number of aromatic nitrogens is 1. The van der Waals surface area contributed by atoms with Crippen LogP contribution in [-0.4, -0.2) is 71.3 Å². The second kappa shape index (κ2) is 8.18. The van der Waals surface area contributed by atoms with Gasteiger partial charge in [0.05, 0.1) is 29.7 Å². The van der Waals surface area contributed by atoms with Gasteiger partial charge in [0.2, 0.25) is 5.43 Å². The van der Waals surface area contributed by atoms with Gasteiger partial charge in [-0.15, -0.1) is 0 Å². The monoisotopic (exact) mass is 461 g/mol. The van der Waals surface area contributed by atoms with Crippen LogP contribution in [0.4, 0.5) is 14.5 Å². The van der Waals surface area contributed by atoms with Gasteiger partial charge in [-0.25, -0.2) is 13.6 Å². The Morgan fingerprint density at radius 3 is 2.67 bits per heavy atom. The van der Waals surface area contributed by atoms with Crippen molar-refractivity contribution in [2.75, 3.05) is 37.7 Å². The zero-order chi connectivity index (χ0) is 23.4. The summed E-state index contributed by atoms with van der Waals surface area (Å²) in [4.78, 5) is 39.4. The van der Waals surface area contributed by atoms with E-state index >= 15 is 8.78 Å². The lowest BCUT2D eigenvalue weighted by molar-refractivity contribution is -0.118. The summed E-state index contributed by atoms with van der Waals surface area (Å²) >= 11 is 0. The van der Waals surface area contributed by atoms with Crippen LogP contribution in [0.2, 0.25) is 0 Å². The Hall–Kier alpha value is -2.85. The Bertz CT molecular complexity index is 1210. The average Bonchev–Trinajstić information content (AvgIpc) is 3.51. The SMILES string of the molecule is CC(=O)CCN1CCO[C@H]2CN(c3c(F)cc4c(=O)c(C(=O)O)cn(C5CC5)c4c3F)C[C@H]21. The van der Waals surface area contributed by atoms with Crippen molar-refractivity contribution in [3.63, 3.8) is 0 Å². The Morgan fingerprint density at radius 1 is 1.24 bits per heavy atom. The first-order valence-corrected chi connectivity index (χ1v) is 11.2. The quantitative estimate of drug-likeness (QED) is 0.705. The van der Waals surface area contributed by atoms with Crippen molar-refractivity contribution >= 4 is 28.3 Å². The van der Waals surface area contributed by atoms with Crippen molar-refractivity contribution < 1.29 is 28.2 Å². The highest BCUT2D eigenvalue weighted by molar-refractivity contribution is 5.94. The van der Waals surface area contributed by atoms with E-state index < -0.39 is 28.6 Å². The second-order valence-electron chi connectivity index (χ2n) is 9.10. The highest BCUT2D eigenvalue weighted by Gasteiger charge is 2.42. The Morgan fingerprint density at radius 2 is 2.00 bits per heavy atom. The molecule has 1 aromatic heterocycles. The van der Waals surface area contributed by atoms with Crippen LogP contribution in [0.25, 0.3) is 10.9 Å². The van der Waals surface area contributed by atoms with Gasteiger partial charge in [-0.2, -0.15) is 0 Å². The van der Waals surface area contributed by atoms with Crippen molar-refractivity contribution in [2.45, 2.75) is 44.4 Å². The number of pyridine rings is 1. The third kappa shape index (κ3) is 3.80. The van der Waals surface area contributed by atoms with Gasteiger partial charge < -0.3 is 19.3 Å². The number of halogens is 2. The minimum Gasteiger partial charge on any atom is -0.477 e. The number of Topliss-reactive ketones (excluding diaryl/α,β-unsaturated/α-hetero) is 1. The summed E-state index contributed by atoms with van der Waals surface area (Å²) in [5.74, 6) is -3.11. The largest absolute Gasteiger partial charge is 0.477 e. The van der Waals surface area contributed by atoms with Crippen LogP contribution >= 0.6 is 0 Å². The smallest absolute Gasteiger partial charge is 0.341 e. The summed E-state index contributed by atoms with van der Waals surface area (Å²) in [6.07, 6.45) is 2.79. The van der Waals surface area contributed by atoms with Gasteiger partial charge in [0.25, 0.3) is 0 Å². The fourth-order valence-electron chi connectivity index (χ4n) is 5.03. The molecule has 3 aliphatic rings. The normalized spacial score (nSPS) is 23.2. The molecule has 3 heterocycles. The van der Waals surface area contributed by atoms with E-state index in [1.54, 1.807) is 4.90 Å². The number of carboxylic acid groups (broad SMARTS) is 1. The van der Waals surface area contributed by atoms with Crippen molar-refractivity contribution in [2.24, 2.45) is 0 Å². The van der Waals surface area contributed by atoms with Crippen LogP contribution in [0.5, 0.6) is 0 Å². The molecule has 0 radical (unpaired) electrons. The minimum absolute atomic E-state index is 0.0619. The Balaban J connectivity index is 1.56. The van der Waals surface area contributed by atoms with Crippen LogP contribution in [-0.2, 0) is 9.53 Å². The summed E-state index contributed by atoms with van der Waals surface area (Å²) in [6.45, 7) is 3.83.